The molecule has 0 radical (unpaired) electrons. The Morgan fingerprint density at radius 3 is 2.29 bits per heavy atom. The Bertz CT molecular complexity index is 918. The molecule has 2 aromatic carbocycles. The highest BCUT2D eigenvalue weighted by molar-refractivity contribution is 5.73. The average Bonchev–Trinajstić information content (AvgIpc) is 2.75. The topological polar surface area (TPSA) is 93.4 Å². The molecule has 2 unspecified atom stereocenters. The van der Waals surface area contributed by atoms with Crippen molar-refractivity contribution in [1.82, 2.24) is 5.32 Å². The van der Waals surface area contributed by atoms with E-state index in [1.807, 2.05) is 36.4 Å². The molecule has 2 atom stereocenters. The number of nitrogens with one attached hydrogen (secondary N) is 1. The first kappa shape index (κ1) is 24.3. The minimum absolute atomic E-state index is 0.0761. The number of hydrogen-bond donors (Lipinski definition) is 3. The van der Waals surface area contributed by atoms with Gasteiger partial charge < -0.3 is 15.5 Å². The Kier molecular flexibility index (Phi) is 8.54. The van der Waals surface area contributed by atoms with Gasteiger partial charge in [0.2, 0.25) is 0 Å². The van der Waals surface area contributed by atoms with E-state index in [2.05, 4.69) is 5.32 Å². The maximum atomic E-state index is 14.0. The normalized spacial score (nSPS) is 17.1. The van der Waals surface area contributed by atoms with E-state index in [0.717, 1.165) is 42.6 Å². The van der Waals surface area contributed by atoms with Gasteiger partial charge in [-0.25, -0.2) is 9.18 Å². The molecule has 2 aromatic rings. The van der Waals surface area contributed by atoms with Gasteiger partial charge in [-0.15, -0.1) is 0 Å². The molecule has 0 aliphatic carbocycles. The van der Waals surface area contributed by atoms with E-state index in [0.29, 0.717) is 5.56 Å². The van der Waals surface area contributed by atoms with Gasteiger partial charge in [0.05, 0.1) is 18.6 Å². The first-order valence-corrected chi connectivity index (χ1v) is 9.58. The molecular formula is C22H22F4N2O3. The summed E-state index contributed by atoms with van der Waals surface area (Å²) >= 11 is 0. The van der Waals surface area contributed by atoms with Crippen LogP contribution in [0.2, 0.25) is 0 Å². The quantitative estimate of drug-likeness (QED) is 0.622. The fourth-order valence-corrected chi connectivity index (χ4v) is 3.25. The first-order chi connectivity index (χ1) is 14.6. The summed E-state index contributed by atoms with van der Waals surface area (Å²) < 4.78 is 45.7. The number of aliphatic hydroxyl groups excluding tert-OH is 1. The lowest BCUT2D eigenvalue weighted by Gasteiger charge is -2.27. The minimum atomic E-state index is -5.08. The molecule has 0 spiro atoms. The molecule has 0 amide bonds. The zero-order chi connectivity index (χ0) is 23.0. The summed E-state index contributed by atoms with van der Waals surface area (Å²) in [4.78, 5) is 8.90. The van der Waals surface area contributed by atoms with Gasteiger partial charge >= 0.3 is 12.1 Å². The van der Waals surface area contributed by atoms with Crippen molar-refractivity contribution in [2.24, 2.45) is 5.92 Å². The number of carboxylic acid groups (broad SMARTS) is 1. The van der Waals surface area contributed by atoms with Crippen LogP contribution in [0.25, 0.3) is 11.1 Å². The predicted molar refractivity (Wildman–Crippen MR) is 105 cm³/mol. The van der Waals surface area contributed by atoms with Crippen LogP contribution in [-0.4, -0.2) is 35.4 Å². The first-order valence-electron chi connectivity index (χ1n) is 9.58. The molecule has 1 saturated heterocycles. The summed E-state index contributed by atoms with van der Waals surface area (Å²) in [6.07, 6.45) is -3.36. The number of carbonyl (C=O) groups is 1. The molecule has 166 valence electrons. The fraction of sp³-hybridized carbons (Fsp3) is 0.364. The number of piperidine rings is 1. The second kappa shape index (κ2) is 10.9. The molecule has 5 nitrogen and oxygen atoms in total. The standard InChI is InChI=1S/C20H21FN2O.C2HF3O2/c21-19-12-17(8-5-15(19)9-10-22)14-3-6-16(7-4-14)20(24)18-2-1-11-23-13-18;3-2(4,5)1(6)7/h3-8,12,18,20,23-24H,1-2,9,11,13H2;(H,6,7). The lowest BCUT2D eigenvalue weighted by atomic mass is 9.89. The molecule has 3 rings (SSSR count). The van der Waals surface area contributed by atoms with E-state index in [-0.39, 0.29) is 18.2 Å². The van der Waals surface area contributed by atoms with Crippen LogP contribution in [0.5, 0.6) is 0 Å². The van der Waals surface area contributed by atoms with Crippen molar-refractivity contribution in [1.29, 1.82) is 5.26 Å². The SMILES string of the molecule is N#CCc1ccc(-c2ccc(C(O)C3CCCNC3)cc2)cc1F.O=C(O)C(F)(F)F. The van der Waals surface area contributed by atoms with Gasteiger partial charge in [0.1, 0.15) is 5.82 Å². The van der Waals surface area contributed by atoms with Crippen molar-refractivity contribution in [3.63, 3.8) is 0 Å². The number of aliphatic hydroxyl groups is 1. The van der Waals surface area contributed by atoms with Gasteiger partial charge in [-0.3, -0.25) is 0 Å². The van der Waals surface area contributed by atoms with E-state index in [1.54, 1.807) is 6.07 Å². The number of hydrogen-bond acceptors (Lipinski definition) is 4. The number of nitrogens with zero attached hydrogens (tertiary/aromatic N) is 1. The Morgan fingerprint density at radius 2 is 1.81 bits per heavy atom. The van der Waals surface area contributed by atoms with E-state index in [9.17, 15) is 22.7 Å². The van der Waals surface area contributed by atoms with Crippen LogP contribution in [0.15, 0.2) is 42.5 Å². The number of halogens is 4. The highest BCUT2D eigenvalue weighted by Gasteiger charge is 2.38. The molecule has 0 saturated carbocycles. The third kappa shape index (κ3) is 7.05. The maximum absolute atomic E-state index is 14.0. The largest absolute Gasteiger partial charge is 0.490 e. The molecule has 1 fully saturated rings. The van der Waals surface area contributed by atoms with Crippen LogP contribution >= 0.6 is 0 Å². The van der Waals surface area contributed by atoms with Crippen LogP contribution in [-0.2, 0) is 11.2 Å². The fourth-order valence-electron chi connectivity index (χ4n) is 3.25. The number of carboxylic acids is 1. The van der Waals surface area contributed by atoms with E-state index < -0.39 is 18.2 Å². The van der Waals surface area contributed by atoms with Gasteiger partial charge in [-0.1, -0.05) is 36.4 Å². The third-order valence-electron chi connectivity index (χ3n) is 4.93. The summed E-state index contributed by atoms with van der Waals surface area (Å²) in [5.74, 6) is -2.87. The maximum Gasteiger partial charge on any atom is 0.490 e. The average molecular weight is 438 g/mol. The second-order valence-corrected chi connectivity index (χ2v) is 7.12. The van der Waals surface area contributed by atoms with Crippen LogP contribution in [0, 0.1) is 23.1 Å². The molecule has 31 heavy (non-hydrogen) atoms. The summed E-state index contributed by atoms with van der Waals surface area (Å²) in [7, 11) is 0. The molecule has 0 bridgehead atoms. The molecule has 9 heteroatoms. The van der Waals surface area contributed by atoms with Crippen molar-refractivity contribution in [2.75, 3.05) is 13.1 Å². The molecule has 1 heterocycles. The van der Waals surface area contributed by atoms with Gasteiger partial charge in [-0.05, 0) is 42.1 Å². The Morgan fingerprint density at radius 1 is 1.19 bits per heavy atom. The highest BCUT2D eigenvalue weighted by atomic mass is 19.4. The number of nitriles is 1. The van der Waals surface area contributed by atoms with Crippen molar-refractivity contribution < 1.29 is 32.6 Å². The summed E-state index contributed by atoms with van der Waals surface area (Å²) in [6.45, 7) is 1.87. The molecular weight excluding hydrogens is 416 g/mol. The van der Waals surface area contributed by atoms with Crippen molar-refractivity contribution >= 4 is 5.97 Å². The summed E-state index contributed by atoms with van der Waals surface area (Å²) in [5, 5.41) is 29.6. The van der Waals surface area contributed by atoms with Crippen molar-refractivity contribution in [3.05, 3.63) is 59.4 Å². The van der Waals surface area contributed by atoms with Crippen molar-refractivity contribution in [3.8, 4) is 17.2 Å². The molecule has 0 aromatic heterocycles. The number of alkyl halides is 3. The third-order valence-corrected chi connectivity index (χ3v) is 4.93. The molecule has 1 aliphatic rings. The van der Waals surface area contributed by atoms with Crippen LogP contribution in [0.4, 0.5) is 17.6 Å². The predicted octanol–water partition coefficient (Wildman–Crippen LogP) is 4.23. The van der Waals surface area contributed by atoms with E-state index in [4.69, 9.17) is 15.2 Å². The lowest BCUT2D eigenvalue weighted by molar-refractivity contribution is -0.192. The van der Waals surface area contributed by atoms with E-state index >= 15 is 0 Å². The minimum Gasteiger partial charge on any atom is -0.475 e. The Labute approximate surface area is 176 Å². The van der Waals surface area contributed by atoms with Gasteiger partial charge in [0, 0.05) is 18.0 Å². The van der Waals surface area contributed by atoms with E-state index in [1.165, 1.54) is 6.07 Å². The lowest BCUT2D eigenvalue weighted by Crippen LogP contribution is -2.33. The zero-order valence-corrected chi connectivity index (χ0v) is 16.5. The molecule has 1 aliphatic heterocycles. The van der Waals surface area contributed by atoms with Gasteiger partial charge in [-0.2, -0.15) is 18.4 Å². The number of rotatable bonds is 4. The number of aliphatic carboxylic acids is 1. The highest BCUT2D eigenvalue weighted by Crippen LogP contribution is 2.29. The number of benzene rings is 2. The molecule has 3 N–H and O–H groups in total. The van der Waals surface area contributed by atoms with Gasteiger partial charge in [0.25, 0.3) is 0 Å². The zero-order valence-electron chi connectivity index (χ0n) is 16.5. The summed E-state index contributed by atoms with van der Waals surface area (Å²) in [5.41, 5.74) is 2.98. The Balaban J connectivity index is 0.000000423. The van der Waals surface area contributed by atoms with Crippen LogP contribution in [0.3, 0.4) is 0 Å². The van der Waals surface area contributed by atoms with Crippen LogP contribution in [0.1, 0.15) is 30.1 Å². The Hall–Kier alpha value is -2.96. The van der Waals surface area contributed by atoms with Crippen molar-refractivity contribution in [2.45, 2.75) is 31.5 Å². The second-order valence-electron chi connectivity index (χ2n) is 7.12. The smallest absolute Gasteiger partial charge is 0.475 e. The monoisotopic (exact) mass is 438 g/mol. The summed E-state index contributed by atoms with van der Waals surface area (Å²) in [6, 6.07) is 14.6. The van der Waals surface area contributed by atoms with Crippen LogP contribution < -0.4 is 5.32 Å². The van der Waals surface area contributed by atoms with Gasteiger partial charge in [0.15, 0.2) is 0 Å².